The van der Waals surface area contributed by atoms with Gasteiger partial charge in [0.05, 0.1) is 22.8 Å². The maximum Gasteiger partial charge on any atom is 0.269 e. The molecule has 2 heterocycles. The molecule has 174 valence electrons. The smallest absolute Gasteiger partial charge is 0.269 e. The first-order valence-corrected chi connectivity index (χ1v) is 10.5. The Kier molecular flexibility index (Phi) is 6.13. The van der Waals surface area contributed by atoms with Gasteiger partial charge in [0.1, 0.15) is 11.5 Å². The summed E-state index contributed by atoms with van der Waals surface area (Å²) in [6.07, 6.45) is 2.22. The monoisotopic (exact) mass is 462 g/mol. The molecule has 2 amide bonds. The number of aromatic nitrogens is 1. The number of nitrogens with one attached hydrogen (secondary N) is 1. The lowest BCUT2D eigenvalue weighted by atomic mass is 10.1. The molecule has 1 atom stereocenters. The van der Waals surface area contributed by atoms with Crippen molar-refractivity contribution in [1.82, 2.24) is 5.16 Å². The second-order valence-electron chi connectivity index (χ2n) is 7.84. The van der Waals surface area contributed by atoms with Gasteiger partial charge in [-0.05, 0) is 62.7 Å². The van der Waals surface area contributed by atoms with Crippen LogP contribution in [0.15, 0.2) is 53.1 Å². The van der Waals surface area contributed by atoms with E-state index in [2.05, 4.69) is 10.5 Å². The Hall–Kier alpha value is -4.47. The van der Waals surface area contributed by atoms with Crippen molar-refractivity contribution in [1.29, 1.82) is 0 Å². The predicted octanol–water partition coefficient (Wildman–Crippen LogP) is 4.17. The second-order valence-corrected chi connectivity index (χ2v) is 7.84. The summed E-state index contributed by atoms with van der Waals surface area (Å²) in [6.45, 7) is 5.55. The van der Waals surface area contributed by atoms with Crippen LogP contribution in [0, 0.1) is 24.0 Å². The molecule has 1 unspecified atom stereocenters. The van der Waals surface area contributed by atoms with Crippen molar-refractivity contribution in [3.8, 4) is 5.75 Å². The molecule has 0 radical (unpaired) electrons. The van der Waals surface area contributed by atoms with Gasteiger partial charge >= 0.3 is 0 Å². The highest BCUT2D eigenvalue weighted by atomic mass is 16.6. The average molecular weight is 462 g/mol. The number of anilines is 2. The van der Waals surface area contributed by atoms with Crippen LogP contribution in [-0.4, -0.2) is 28.0 Å². The number of ether oxygens (including phenoxy) is 1. The Labute approximate surface area is 194 Å². The summed E-state index contributed by atoms with van der Waals surface area (Å²) in [6, 6.07) is 10.9. The Balaban J connectivity index is 1.53. The zero-order valence-corrected chi connectivity index (χ0v) is 18.8. The van der Waals surface area contributed by atoms with E-state index < -0.39 is 16.9 Å². The Morgan fingerprint density at radius 3 is 2.62 bits per heavy atom. The number of nitrogens with zero attached hydrogens (tertiary/aromatic N) is 3. The van der Waals surface area contributed by atoms with E-state index in [1.54, 1.807) is 55.2 Å². The lowest BCUT2D eigenvalue weighted by molar-refractivity contribution is -0.384. The van der Waals surface area contributed by atoms with E-state index in [0.29, 0.717) is 34.1 Å². The molecule has 1 aliphatic rings. The zero-order valence-electron chi connectivity index (χ0n) is 18.8. The quantitative estimate of drug-likeness (QED) is 0.331. The lowest BCUT2D eigenvalue weighted by Gasteiger charge is -2.33. The van der Waals surface area contributed by atoms with Crippen molar-refractivity contribution in [3.05, 3.63) is 81.2 Å². The number of fused-ring (bicyclic) bond motifs is 1. The third-order valence-electron chi connectivity index (χ3n) is 5.46. The van der Waals surface area contributed by atoms with Crippen LogP contribution < -0.4 is 15.0 Å². The molecule has 1 N–H and O–H groups in total. The maximum atomic E-state index is 12.9. The summed E-state index contributed by atoms with van der Waals surface area (Å²) in [4.78, 5) is 37.2. The van der Waals surface area contributed by atoms with Crippen LogP contribution in [0.5, 0.6) is 5.75 Å². The first-order chi connectivity index (χ1) is 16.2. The van der Waals surface area contributed by atoms with Gasteiger partial charge in [0.25, 0.3) is 11.6 Å². The molecular weight excluding hydrogens is 440 g/mol. The zero-order chi connectivity index (χ0) is 24.4. The molecule has 10 heteroatoms. The van der Waals surface area contributed by atoms with Crippen LogP contribution in [-0.2, 0) is 16.1 Å². The third kappa shape index (κ3) is 4.65. The fraction of sp³-hybridized carbons (Fsp3) is 0.208. The SMILES string of the molecule is Cc1noc(C)c1CN1C(=O)C(C)Oc2ccc(NC(=O)/C=C/c3ccc([N+](=O)[O-])cc3)cc21. The number of carbonyl (C=O) groups is 2. The number of benzene rings is 2. The highest BCUT2D eigenvalue weighted by Gasteiger charge is 2.33. The number of carbonyl (C=O) groups excluding carboxylic acids is 2. The molecule has 0 saturated carbocycles. The first-order valence-electron chi connectivity index (χ1n) is 10.5. The van der Waals surface area contributed by atoms with Crippen molar-refractivity contribution in [2.75, 3.05) is 10.2 Å². The molecule has 0 spiro atoms. The van der Waals surface area contributed by atoms with E-state index in [-0.39, 0.29) is 18.1 Å². The van der Waals surface area contributed by atoms with Crippen LogP contribution in [0.25, 0.3) is 6.08 Å². The fourth-order valence-electron chi connectivity index (χ4n) is 3.60. The molecular formula is C24H22N4O6. The standard InChI is InChI=1S/C24H22N4O6/c1-14-20(15(2)34-26-14)13-27-21-12-18(7-10-22(21)33-16(3)24(27)30)25-23(29)11-6-17-4-8-19(9-5-17)28(31)32/h4-12,16H,13H2,1-3H3,(H,25,29)/b11-6+. The molecule has 0 fully saturated rings. The van der Waals surface area contributed by atoms with Crippen LogP contribution in [0.4, 0.5) is 17.1 Å². The molecule has 34 heavy (non-hydrogen) atoms. The van der Waals surface area contributed by atoms with Crippen molar-refractivity contribution >= 4 is 35.0 Å². The molecule has 0 saturated heterocycles. The van der Waals surface area contributed by atoms with Crippen molar-refractivity contribution in [3.63, 3.8) is 0 Å². The summed E-state index contributed by atoms with van der Waals surface area (Å²) in [5.74, 6) is 0.547. The number of aryl methyl sites for hydroxylation is 2. The summed E-state index contributed by atoms with van der Waals surface area (Å²) in [5, 5.41) is 17.5. The number of amides is 2. The highest BCUT2D eigenvalue weighted by molar-refractivity contribution is 6.04. The van der Waals surface area contributed by atoms with E-state index in [4.69, 9.17) is 9.26 Å². The molecule has 0 aliphatic carbocycles. The number of hydrogen-bond acceptors (Lipinski definition) is 7. The Bertz CT molecular complexity index is 1280. The molecule has 1 aromatic heterocycles. The van der Waals surface area contributed by atoms with E-state index >= 15 is 0 Å². The number of nitro benzene ring substituents is 1. The lowest BCUT2D eigenvalue weighted by Crippen LogP contribution is -2.44. The van der Waals surface area contributed by atoms with Gasteiger partial charge < -0.3 is 19.5 Å². The Morgan fingerprint density at radius 1 is 1.24 bits per heavy atom. The average Bonchev–Trinajstić information content (AvgIpc) is 3.13. The minimum atomic E-state index is -0.655. The van der Waals surface area contributed by atoms with Crippen LogP contribution in [0.2, 0.25) is 0 Å². The molecule has 0 bridgehead atoms. The molecule has 1 aliphatic heterocycles. The van der Waals surface area contributed by atoms with Gasteiger partial charge in [-0.1, -0.05) is 5.16 Å². The van der Waals surface area contributed by atoms with E-state index in [1.165, 1.54) is 18.2 Å². The fourth-order valence-corrected chi connectivity index (χ4v) is 3.60. The maximum absolute atomic E-state index is 12.9. The third-order valence-corrected chi connectivity index (χ3v) is 5.46. The van der Waals surface area contributed by atoms with Gasteiger partial charge in [0, 0.05) is 29.5 Å². The topological polar surface area (TPSA) is 128 Å². The summed E-state index contributed by atoms with van der Waals surface area (Å²) in [7, 11) is 0. The van der Waals surface area contributed by atoms with Gasteiger partial charge in [-0.25, -0.2) is 0 Å². The van der Waals surface area contributed by atoms with Crippen molar-refractivity contribution in [2.45, 2.75) is 33.4 Å². The number of rotatable bonds is 6. The number of hydrogen-bond donors (Lipinski definition) is 1. The van der Waals surface area contributed by atoms with Gasteiger partial charge in [0.15, 0.2) is 6.10 Å². The minimum absolute atomic E-state index is 0.0251. The predicted molar refractivity (Wildman–Crippen MR) is 124 cm³/mol. The van der Waals surface area contributed by atoms with Crippen molar-refractivity contribution < 1.29 is 23.8 Å². The van der Waals surface area contributed by atoms with E-state index in [1.807, 2.05) is 6.92 Å². The first kappa shape index (κ1) is 22.7. The molecule has 10 nitrogen and oxygen atoms in total. The van der Waals surface area contributed by atoms with Crippen LogP contribution >= 0.6 is 0 Å². The largest absolute Gasteiger partial charge is 0.479 e. The normalized spacial score (nSPS) is 15.2. The van der Waals surface area contributed by atoms with Crippen molar-refractivity contribution in [2.24, 2.45) is 0 Å². The van der Waals surface area contributed by atoms with Crippen LogP contribution in [0.1, 0.15) is 29.5 Å². The summed E-state index contributed by atoms with van der Waals surface area (Å²) >= 11 is 0. The minimum Gasteiger partial charge on any atom is -0.479 e. The Morgan fingerprint density at radius 2 is 1.97 bits per heavy atom. The van der Waals surface area contributed by atoms with Gasteiger partial charge in [-0.3, -0.25) is 19.7 Å². The summed E-state index contributed by atoms with van der Waals surface area (Å²) < 4.78 is 11.0. The van der Waals surface area contributed by atoms with E-state index in [0.717, 1.165) is 5.56 Å². The van der Waals surface area contributed by atoms with Gasteiger partial charge in [0.2, 0.25) is 5.91 Å². The molecule has 3 aromatic rings. The number of nitro groups is 1. The summed E-state index contributed by atoms with van der Waals surface area (Å²) in [5.41, 5.74) is 3.14. The molecule has 2 aromatic carbocycles. The molecule has 4 rings (SSSR count). The van der Waals surface area contributed by atoms with Crippen LogP contribution in [0.3, 0.4) is 0 Å². The van der Waals surface area contributed by atoms with Gasteiger partial charge in [-0.15, -0.1) is 0 Å². The van der Waals surface area contributed by atoms with Gasteiger partial charge in [-0.2, -0.15) is 0 Å². The number of non-ortho nitro benzene ring substituents is 1. The second kappa shape index (κ2) is 9.18. The highest BCUT2D eigenvalue weighted by Crippen LogP contribution is 2.37. The van der Waals surface area contributed by atoms with E-state index in [9.17, 15) is 19.7 Å².